The number of nitro benzene ring substituents is 1. The number of anilines is 1. The molecule has 3 rings (SSSR count). The van der Waals surface area contributed by atoms with Gasteiger partial charge >= 0.3 is 0 Å². The van der Waals surface area contributed by atoms with Gasteiger partial charge in [0.1, 0.15) is 17.8 Å². The van der Waals surface area contributed by atoms with Crippen LogP contribution in [0.1, 0.15) is 41.9 Å². The molecule has 1 aromatic heterocycles. The molecular weight excluding hydrogens is 324 g/mol. The lowest BCUT2D eigenvalue weighted by Gasteiger charge is -2.31. The van der Waals surface area contributed by atoms with Gasteiger partial charge in [-0.25, -0.2) is 0 Å². The molecule has 0 spiro atoms. The van der Waals surface area contributed by atoms with Crippen molar-refractivity contribution in [1.82, 2.24) is 19.7 Å². The lowest BCUT2D eigenvalue weighted by molar-refractivity contribution is -0.383. The molecule has 2 aromatic rings. The predicted molar refractivity (Wildman–Crippen MR) is 91.1 cm³/mol. The van der Waals surface area contributed by atoms with Crippen LogP contribution in [0.5, 0.6) is 0 Å². The third-order valence-corrected chi connectivity index (χ3v) is 4.61. The molecule has 0 atom stereocenters. The highest BCUT2D eigenvalue weighted by atomic mass is 16.6. The van der Waals surface area contributed by atoms with Crippen LogP contribution in [-0.4, -0.2) is 43.6 Å². The van der Waals surface area contributed by atoms with Crippen molar-refractivity contribution >= 4 is 17.3 Å². The number of piperidine rings is 1. The number of hydrogen-bond donors (Lipinski definition) is 1. The lowest BCUT2D eigenvalue weighted by atomic mass is 9.95. The molecule has 1 aliphatic rings. The SMILES string of the molecule is CCn1cnnc1C1CCN(C(=O)c2ccc(N)c([N+](=O)[O-])c2)CC1. The van der Waals surface area contributed by atoms with E-state index >= 15 is 0 Å². The Bertz CT molecular complexity index is 795. The summed E-state index contributed by atoms with van der Waals surface area (Å²) in [4.78, 5) is 24.8. The van der Waals surface area contributed by atoms with Gasteiger partial charge in [-0.2, -0.15) is 0 Å². The van der Waals surface area contributed by atoms with E-state index < -0.39 is 4.92 Å². The molecule has 9 heteroatoms. The Balaban J connectivity index is 1.70. The fraction of sp³-hybridized carbons (Fsp3) is 0.438. The topological polar surface area (TPSA) is 120 Å². The molecule has 1 aliphatic heterocycles. The van der Waals surface area contributed by atoms with Crippen LogP contribution < -0.4 is 5.73 Å². The summed E-state index contributed by atoms with van der Waals surface area (Å²) < 4.78 is 2.02. The molecule has 132 valence electrons. The van der Waals surface area contributed by atoms with Gasteiger partial charge in [0.15, 0.2) is 0 Å². The van der Waals surface area contributed by atoms with E-state index in [-0.39, 0.29) is 28.8 Å². The number of likely N-dealkylation sites (tertiary alicyclic amines) is 1. The first-order chi connectivity index (χ1) is 12.0. The van der Waals surface area contributed by atoms with Gasteiger partial charge in [-0.3, -0.25) is 14.9 Å². The summed E-state index contributed by atoms with van der Waals surface area (Å²) in [5.41, 5.74) is 5.69. The number of aromatic nitrogens is 3. The molecule has 0 radical (unpaired) electrons. The number of carbonyl (C=O) groups is 1. The standard InChI is InChI=1S/C16H20N6O3/c1-2-20-10-18-19-15(20)11-5-7-21(8-6-11)16(23)12-3-4-13(17)14(9-12)22(24)25/h3-4,9-11H,2,5-8,17H2,1H3. The van der Waals surface area contributed by atoms with E-state index in [0.717, 1.165) is 25.2 Å². The van der Waals surface area contributed by atoms with Crippen LogP contribution in [0.25, 0.3) is 0 Å². The molecule has 0 bridgehead atoms. The van der Waals surface area contributed by atoms with E-state index in [0.29, 0.717) is 13.1 Å². The van der Waals surface area contributed by atoms with Gasteiger partial charge in [-0.05, 0) is 31.9 Å². The zero-order valence-electron chi connectivity index (χ0n) is 14.0. The van der Waals surface area contributed by atoms with E-state index in [1.807, 2.05) is 11.5 Å². The monoisotopic (exact) mass is 344 g/mol. The van der Waals surface area contributed by atoms with Gasteiger partial charge in [0, 0.05) is 37.2 Å². The first-order valence-corrected chi connectivity index (χ1v) is 8.22. The van der Waals surface area contributed by atoms with Crippen molar-refractivity contribution in [1.29, 1.82) is 0 Å². The van der Waals surface area contributed by atoms with Crippen molar-refractivity contribution in [2.24, 2.45) is 0 Å². The summed E-state index contributed by atoms with van der Waals surface area (Å²) >= 11 is 0. The Hall–Kier alpha value is -2.97. The van der Waals surface area contributed by atoms with Crippen LogP contribution >= 0.6 is 0 Å². The van der Waals surface area contributed by atoms with Gasteiger partial charge in [0.2, 0.25) is 0 Å². The molecule has 1 fully saturated rings. The zero-order chi connectivity index (χ0) is 18.0. The summed E-state index contributed by atoms with van der Waals surface area (Å²) in [6, 6.07) is 4.18. The number of carbonyl (C=O) groups excluding carboxylic acids is 1. The molecule has 0 aliphatic carbocycles. The fourth-order valence-electron chi connectivity index (χ4n) is 3.18. The second-order valence-corrected chi connectivity index (χ2v) is 6.07. The molecular formula is C16H20N6O3. The van der Waals surface area contributed by atoms with Crippen molar-refractivity contribution < 1.29 is 9.72 Å². The summed E-state index contributed by atoms with van der Waals surface area (Å²) in [6.45, 7) is 4.02. The first-order valence-electron chi connectivity index (χ1n) is 8.22. The average Bonchev–Trinajstić information content (AvgIpc) is 3.10. The van der Waals surface area contributed by atoms with Crippen LogP contribution in [0, 0.1) is 10.1 Å². The van der Waals surface area contributed by atoms with Gasteiger partial charge in [-0.1, -0.05) is 0 Å². The predicted octanol–water partition coefficient (Wildman–Crippen LogP) is 1.81. The summed E-state index contributed by atoms with van der Waals surface area (Å²) in [5, 5.41) is 19.2. The maximum absolute atomic E-state index is 12.6. The molecule has 9 nitrogen and oxygen atoms in total. The number of nitro groups is 1. The molecule has 1 amide bonds. The second-order valence-electron chi connectivity index (χ2n) is 6.07. The number of amides is 1. The Labute approximate surface area is 144 Å². The average molecular weight is 344 g/mol. The van der Waals surface area contributed by atoms with E-state index in [9.17, 15) is 14.9 Å². The summed E-state index contributed by atoms with van der Waals surface area (Å²) in [6.07, 6.45) is 3.31. The van der Waals surface area contributed by atoms with Crippen molar-refractivity contribution in [3.05, 3.63) is 46.0 Å². The highest BCUT2D eigenvalue weighted by molar-refractivity contribution is 5.95. The quantitative estimate of drug-likeness (QED) is 0.513. The lowest BCUT2D eigenvalue weighted by Crippen LogP contribution is -2.38. The minimum atomic E-state index is -0.573. The molecule has 25 heavy (non-hydrogen) atoms. The number of aryl methyl sites for hydroxylation is 1. The van der Waals surface area contributed by atoms with Gasteiger partial charge in [0.25, 0.3) is 11.6 Å². The molecule has 0 saturated carbocycles. The van der Waals surface area contributed by atoms with Crippen molar-refractivity contribution in [3.63, 3.8) is 0 Å². The van der Waals surface area contributed by atoms with E-state index in [1.165, 1.54) is 18.2 Å². The van der Waals surface area contributed by atoms with E-state index in [4.69, 9.17) is 5.73 Å². The van der Waals surface area contributed by atoms with Crippen molar-refractivity contribution in [2.45, 2.75) is 32.2 Å². The van der Waals surface area contributed by atoms with E-state index in [1.54, 1.807) is 11.2 Å². The minimum absolute atomic E-state index is 0.0548. The number of nitrogen functional groups attached to an aromatic ring is 1. The molecule has 1 saturated heterocycles. The van der Waals surface area contributed by atoms with Crippen molar-refractivity contribution in [3.8, 4) is 0 Å². The van der Waals surface area contributed by atoms with E-state index in [2.05, 4.69) is 10.2 Å². The number of nitrogens with zero attached hydrogens (tertiary/aromatic N) is 5. The van der Waals surface area contributed by atoms with Crippen LogP contribution in [0.2, 0.25) is 0 Å². The maximum Gasteiger partial charge on any atom is 0.292 e. The third-order valence-electron chi connectivity index (χ3n) is 4.61. The highest BCUT2D eigenvalue weighted by Crippen LogP contribution is 2.28. The third kappa shape index (κ3) is 3.30. The molecule has 1 aromatic carbocycles. The minimum Gasteiger partial charge on any atom is -0.393 e. The van der Waals surface area contributed by atoms with Crippen LogP contribution in [0.3, 0.4) is 0 Å². The number of nitrogens with two attached hydrogens (primary N) is 1. The Morgan fingerprint density at radius 3 is 2.76 bits per heavy atom. The summed E-state index contributed by atoms with van der Waals surface area (Å²) in [7, 11) is 0. The van der Waals surface area contributed by atoms with Gasteiger partial charge in [-0.15, -0.1) is 10.2 Å². The van der Waals surface area contributed by atoms with Crippen molar-refractivity contribution in [2.75, 3.05) is 18.8 Å². The molecule has 0 unspecified atom stereocenters. The van der Waals surface area contributed by atoms with Crippen LogP contribution in [0.4, 0.5) is 11.4 Å². The Kier molecular flexibility index (Phi) is 4.64. The van der Waals surface area contributed by atoms with Crippen LogP contribution in [0.15, 0.2) is 24.5 Å². The highest BCUT2D eigenvalue weighted by Gasteiger charge is 2.28. The zero-order valence-corrected chi connectivity index (χ0v) is 14.0. The number of benzene rings is 1. The normalized spacial score (nSPS) is 15.3. The van der Waals surface area contributed by atoms with Gasteiger partial charge in [0.05, 0.1) is 4.92 Å². The molecule has 2 heterocycles. The number of hydrogen-bond acceptors (Lipinski definition) is 6. The molecule has 2 N–H and O–H groups in total. The van der Waals surface area contributed by atoms with Gasteiger partial charge < -0.3 is 15.2 Å². The van der Waals surface area contributed by atoms with Crippen LogP contribution in [-0.2, 0) is 6.54 Å². The maximum atomic E-state index is 12.6. The number of rotatable bonds is 4. The largest absolute Gasteiger partial charge is 0.393 e. The second kappa shape index (κ2) is 6.88. The fourth-order valence-corrected chi connectivity index (χ4v) is 3.18. The Morgan fingerprint density at radius 1 is 1.40 bits per heavy atom. The Morgan fingerprint density at radius 2 is 2.12 bits per heavy atom. The smallest absolute Gasteiger partial charge is 0.292 e. The summed E-state index contributed by atoms with van der Waals surface area (Å²) in [5.74, 6) is 1.02. The first kappa shape index (κ1) is 16.9.